The summed E-state index contributed by atoms with van der Waals surface area (Å²) < 4.78 is 10.3. The van der Waals surface area contributed by atoms with Gasteiger partial charge < -0.3 is 19.4 Å². The first kappa shape index (κ1) is 16.8. The number of anilines is 1. The normalized spacial score (nSPS) is 10.4. The molecule has 0 spiro atoms. The maximum atomic E-state index is 12.1. The molecular weight excluding hydrogens is 296 g/mol. The Labute approximate surface area is 135 Å². The number of ether oxygens (including phenoxy) is 1. The molecule has 2 rings (SSSR count). The lowest BCUT2D eigenvalue weighted by atomic mass is 10.1. The van der Waals surface area contributed by atoms with Crippen molar-refractivity contribution >= 4 is 17.5 Å². The number of nitrogens with zero attached hydrogens (tertiary/aromatic N) is 1. The Morgan fingerprint density at radius 3 is 2.43 bits per heavy atom. The average molecular weight is 316 g/mol. The van der Waals surface area contributed by atoms with E-state index in [2.05, 4.69) is 5.32 Å². The second-order valence-electron chi connectivity index (χ2n) is 5.31. The molecule has 6 nitrogen and oxygen atoms in total. The van der Waals surface area contributed by atoms with Crippen molar-refractivity contribution in [2.24, 2.45) is 0 Å². The molecule has 0 fully saturated rings. The summed E-state index contributed by atoms with van der Waals surface area (Å²) >= 11 is 0. The van der Waals surface area contributed by atoms with Crippen LogP contribution >= 0.6 is 0 Å². The van der Waals surface area contributed by atoms with Gasteiger partial charge in [-0.15, -0.1) is 0 Å². The van der Waals surface area contributed by atoms with Gasteiger partial charge in [-0.05, 0) is 29.8 Å². The van der Waals surface area contributed by atoms with E-state index in [9.17, 15) is 9.59 Å². The number of amides is 2. The minimum absolute atomic E-state index is 0.0306. The van der Waals surface area contributed by atoms with Crippen molar-refractivity contribution < 1.29 is 18.7 Å². The number of rotatable bonds is 6. The summed E-state index contributed by atoms with van der Waals surface area (Å²) in [6.45, 7) is 0.321. The van der Waals surface area contributed by atoms with E-state index in [1.807, 2.05) is 12.1 Å². The van der Waals surface area contributed by atoms with E-state index in [0.29, 0.717) is 24.5 Å². The van der Waals surface area contributed by atoms with Gasteiger partial charge in [0, 0.05) is 26.9 Å². The first-order valence-electron chi connectivity index (χ1n) is 7.17. The van der Waals surface area contributed by atoms with Gasteiger partial charge in [0.05, 0.1) is 6.42 Å². The van der Waals surface area contributed by atoms with Crippen LogP contribution in [-0.4, -0.2) is 37.9 Å². The van der Waals surface area contributed by atoms with Gasteiger partial charge in [0.2, 0.25) is 5.91 Å². The Morgan fingerprint density at radius 2 is 1.83 bits per heavy atom. The van der Waals surface area contributed by atoms with E-state index in [1.54, 1.807) is 50.4 Å². The summed E-state index contributed by atoms with van der Waals surface area (Å²) in [5.74, 6) is 0.520. The topological polar surface area (TPSA) is 71.8 Å². The van der Waals surface area contributed by atoms with Crippen LogP contribution in [-0.2, 0) is 22.6 Å². The largest absolute Gasteiger partial charge is 0.453 e. The molecule has 0 aliphatic heterocycles. The van der Waals surface area contributed by atoms with Gasteiger partial charge in [-0.2, -0.15) is 0 Å². The predicted octanol–water partition coefficient (Wildman–Crippen LogP) is 2.31. The van der Waals surface area contributed by atoms with Crippen molar-refractivity contribution in [2.75, 3.05) is 26.5 Å². The third kappa shape index (κ3) is 4.69. The van der Waals surface area contributed by atoms with Crippen LogP contribution in [0.5, 0.6) is 0 Å². The lowest BCUT2D eigenvalue weighted by Crippen LogP contribution is -2.23. The van der Waals surface area contributed by atoms with Crippen LogP contribution in [0.25, 0.3) is 0 Å². The third-order valence-corrected chi connectivity index (χ3v) is 3.24. The molecule has 122 valence electrons. The quantitative estimate of drug-likeness (QED) is 0.887. The van der Waals surface area contributed by atoms with E-state index in [1.165, 1.54) is 0 Å². The molecular formula is C17H20N2O4. The molecule has 0 atom stereocenters. The number of benzene rings is 1. The summed E-state index contributed by atoms with van der Waals surface area (Å²) in [6.07, 6.45) is 0.333. The molecule has 1 N–H and O–H groups in total. The van der Waals surface area contributed by atoms with Gasteiger partial charge in [-0.25, -0.2) is 0 Å². The van der Waals surface area contributed by atoms with Gasteiger partial charge in [-0.1, -0.05) is 12.1 Å². The fraction of sp³-hybridized carbons (Fsp3) is 0.294. The first-order valence-corrected chi connectivity index (χ1v) is 7.17. The number of carbonyl (C=O) groups excluding carboxylic acids is 2. The van der Waals surface area contributed by atoms with Crippen LogP contribution in [0.1, 0.15) is 21.9 Å². The molecule has 2 aromatic rings. The molecule has 0 radical (unpaired) electrons. The Hall–Kier alpha value is -2.60. The van der Waals surface area contributed by atoms with Crippen LogP contribution in [0.15, 0.2) is 40.8 Å². The summed E-state index contributed by atoms with van der Waals surface area (Å²) in [5.41, 5.74) is 1.53. The zero-order valence-electron chi connectivity index (χ0n) is 13.5. The summed E-state index contributed by atoms with van der Waals surface area (Å²) in [5, 5.41) is 2.75. The van der Waals surface area contributed by atoms with Crippen molar-refractivity contribution in [1.82, 2.24) is 4.90 Å². The fourth-order valence-corrected chi connectivity index (χ4v) is 1.95. The SMILES string of the molecule is COCc1ccc(C(=O)Nc2ccc(CC(=O)N(C)C)cc2)o1. The summed E-state index contributed by atoms with van der Waals surface area (Å²) in [4.78, 5) is 25.3. The van der Waals surface area contributed by atoms with Crippen molar-refractivity contribution in [3.8, 4) is 0 Å². The minimum Gasteiger partial charge on any atom is -0.453 e. The van der Waals surface area contributed by atoms with Gasteiger partial charge in [0.25, 0.3) is 5.91 Å². The highest BCUT2D eigenvalue weighted by atomic mass is 16.5. The van der Waals surface area contributed by atoms with Gasteiger partial charge in [0.15, 0.2) is 5.76 Å². The van der Waals surface area contributed by atoms with Gasteiger partial charge >= 0.3 is 0 Å². The highest BCUT2D eigenvalue weighted by Crippen LogP contribution is 2.14. The molecule has 6 heteroatoms. The Bertz CT molecular complexity index is 674. The Balaban J connectivity index is 1.97. The highest BCUT2D eigenvalue weighted by molar-refractivity contribution is 6.02. The number of nitrogens with one attached hydrogen (secondary N) is 1. The molecule has 0 aliphatic carbocycles. The van der Waals surface area contributed by atoms with E-state index in [0.717, 1.165) is 5.56 Å². The molecule has 23 heavy (non-hydrogen) atoms. The van der Waals surface area contributed by atoms with Crippen LogP contribution < -0.4 is 5.32 Å². The Kier molecular flexibility index (Phi) is 5.54. The van der Waals surface area contributed by atoms with E-state index in [4.69, 9.17) is 9.15 Å². The fourth-order valence-electron chi connectivity index (χ4n) is 1.95. The van der Waals surface area contributed by atoms with Gasteiger partial charge in [0.1, 0.15) is 12.4 Å². The number of carbonyl (C=O) groups is 2. The van der Waals surface area contributed by atoms with E-state index < -0.39 is 0 Å². The lowest BCUT2D eigenvalue weighted by Gasteiger charge is -2.10. The zero-order chi connectivity index (χ0) is 16.8. The molecule has 0 saturated heterocycles. The molecule has 1 aromatic carbocycles. The Morgan fingerprint density at radius 1 is 1.13 bits per heavy atom. The third-order valence-electron chi connectivity index (χ3n) is 3.24. The van der Waals surface area contributed by atoms with Crippen molar-refractivity contribution in [1.29, 1.82) is 0 Å². The number of furan rings is 1. The van der Waals surface area contributed by atoms with E-state index in [-0.39, 0.29) is 17.6 Å². The summed E-state index contributed by atoms with van der Waals surface area (Å²) in [7, 11) is 5.00. The highest BCUT2D eigenvalue weighted by Gasteiger charge is 2.12. The zero-order valence-corrected chi connectivity index (χ0v) is 13.5. The number of methoxy groups -OCH3 is 1. The molecule has 0 saturated carbocycles. The summed E-state index contributed by atoms with van der Waals surface area (Å²) in [6, 6.07) is 10.5. The second-order valence-corrected chi connectivity index (χ2v) is 5.31. The minimum atomic E-state index is -0.329. The lowest BCUT2D eigenvalue weighted by molar-refractivity contribution is -0.127. The van der Waals surface area contributed by atoms with Crippen LogP contribution in [0, 0.1) is 0 Å². The maximum Gasteiger partial charge on any atom is 0.291 e. The van der Waals surface area contributed by atoms with Crippen molar-refractivity contribution in [2.45, 2.75) is 13.0 Å². The number of likely N-dealkylation sites (N-methyl/N-ethyl adjacent to an activating group) is 1. The van der Waals surface area contributed by atoms with Crippen LogP contribution in [0.4, 0.5) is 5.69 Å². The molecule has 0 bridgehead atoms. The van der Waals surface area contributed by atoms with Crippen LogP contribution in [0.3, 0.4) is 0 Å². The van der Waals surface area contributed by atoms with Gasteiger partial charge in [-0.3, -0.25) is 9.59 Å². The molecule has 0 aliphatic rings. The van der Waals surface area contributed by atoms with Crippen LogP contribution in [0.2, 0.25) is 0 Å². The number of hydrogen-bond acceptors (Lipinski definition) is 4. The van der Waals surface area contributed by atoms with Crippen molar-refractivity contribution in [3.05, 3.63) is 53.5 Å². The molecule has 1 aromatic heterocycles. The monoisotopic (exact) mass is 316 g/mol. The number of hydrogen-bond donors (Lipinski definition) is 1. The first-order chi connectivity index (χ1) is 11.0. The standard InChI is InChI=1S/C17H20N2O4/c1-19(2)16(20)10-12-4-6-13(7-5-12)18-17(21)15-9-8-14(23-15)11-22-3/h4-9H,10-11H2,1-3H3,(H,18,21). The average Bonchev–Trinajstić information content (AvgIpc) is 2.98. The molecule has 2 amide bonds. The maximum absolute atomic E-state index is 12.1. The molecule has 0 unspecified atom stereocenters. The van der Waals surface area contributed by atoms with Crippen molar-refractivity contribution in [3.63, 3.8) is 0 Å². The second kappa shape index (κ2) is 7.60. The predicted molar refractivity (Wildman–Crippen MR) is 86.2 cm³/mol. The smallest absolute Gasteiger partial charge is 0.291 e. The van der Waals surface area contributed by atoms with E-state index >= 15 is 0 Å². The molecule has 1 heterocycles.